The number of rotatable bonds is 7. The average molecular weight is 392 g/mol. The van der Waals surface area contributed by atoms with Crippen LogP contribution in [0.2, 0.25) is 0 Å². The van der Waals surface area contributed by atoms with Crippen LogP contribution in [0.3, 0.4) is 0 Å². The van der Waals surface area contributed by atoms with Crippen molar-refractivity contribution in [3.8, 4) is 0 Å². The van der Waals surface area contributed by atoms with Gasteiger partial charge in [0.2, 0.25) is 0 Å². The minimum absolute atomic E-state index is 0.00975. The van der Waals surface area contributed by atoms with Crippen LogP contribution in [0.1, 0.15) is 89.1 Å². The Labute approximate surface area is 165 Å². The van der Waals surface area contributed by atoms with Crippen molar-refractivity contribution in [3.05, 3.63) is 32.1 Å². The number of ether oxygens (including phenoxy) is 1. The molecule has 1 fully saturated rings. The van der Waals surface area contributed by atoms with Crippen LogP contribution in [0.15, 0.2) is 9.59 Å². The van der Waals surface area contributed by atoms with Gasteiger partial charge in [-0.05, 0) is 44.9 Å². The zero-order valence-corrected chi connectivity index (χ0v) is 17.3. The van der Waals surface area contributed by atoms with Gasteiger partial charge in [0.25, 0.3) is 5.56 Å². The number of H-pyrrole nitrogens is 1. The molecule has 0 radical (unpaired) electrons. The molecule has 1 heterocycles. The molecule has 2 aliphatic carbocycles. The standard InChI is InChI=1S/C21H33N3O4/c1-4-28-20(26)17(12-13(2)3)22-16-11-10-15-18(16)23-21(27)24(19(15)25)14-8-6-5-7-9-14/h13-14,16-17,22H,4-12H2,1-3H3,(H,23,27). The fourth-order valence-electron chi connectivity index (χ4n) is 4.60. The first kappa shape index (κ1) is 20.8. The smallest absolute Gasteiger partial charge is 0.328 e. The first-order valence-corrected chi connectivity index (χ1v) is 10.7. The predicted molar refractivity (Wildman–Crippen MR) is 108 cm³/mol. The zero-order valence-electron chi connectivity index (χ0n) is 17.3. The number of carbonyl (C=O) groups excluding carboxylic acids is 1. The highest BCUT2D eigenvalue weighted by atomic mass is 16.5. The Hall–Kier alpha value is -1.89. The van der Waals surface area contributed by atoms with Crippen LogP contribution < -0.4 is 16.6 Å². The van der Waals surface area contributed by atoms with Crippen LogP contribution in [0.4, 0.5) is 0 Å². The summed E-state index contributed by atoms with van der Waals surface area (Å²) < 4.78 is 6.65. The van der Waals surface area contributed by atoms with Crippen molar-refractivity contribution in [2.75, 3.05) is 6.61 Å². The van der Waals surface area contributed by atoms with Crippen LogP contribution in [-0.2, 0) is 16.0 Å². The van der Waals surface area contributed by atoms with E-state index in [2.05, 4.69) is 24.1 Å². The molecule has 1 aromatic heterocycles. The summed E-state index contributed by atoms with van der Waals surface area (Å²) in [5.41, 5.74) is 0.877. The monoisotopic (exact) mass is 391 g/mol. The lowest BCUT2D eigenvalue weighted by Gasteiger charge is -2.25. The van der Waals surface area contributed by atoms with Gasteiger partial charge in [-0.1, -0.05) is 33.1 Å². The van der Waals surface area contributed by atoms with Gasteiger partial charge < -0.3 is 9.72 Å². The van der Waals surface area contributed by atoms with Crippen molar-refractivity contribution in [1.29, 1.82) is 0 Å². The Balaban J connectivity index is 1.86. The van der Waals surface area contributed by atoms with E-state index in [0.29, 0.717) is 43.0 Å². The maximum absolute atomic E-state index is 13.0. The van der Waals surface area contributed by atoms with Crippen molar-refractivity contribution in [2.24, 2.45) is 5.92 Å². The van der Waals surface area contributed by atoms with Gasteiger partial charge >= 0.3 is 11.7 Å². The SMILES string of the molecule is CCOC(=O)C(CC(C)C)NC1CCc2c1[nH]c(=O)n(C1CCCCC1)c2=O. The van der Waals surface area contributed by atoms with Crippen molar-refractivity contribution in [3.63, 3.8) is 0 Å². The molecular formula is C21H33N3O4. The number of aromatic amines is 1. The molecule has 1 aromatic rings. The third kappa shape index (κ3) is 4.40. The van der Waals surface area contributed by atoms with Crippen LogP contribution >= 0.6 is 0 Å². The fourth-order valence-corrected chi connectivity index (χ4v) is 4.60. The second-order valence-electron chi connectivity index (χ2n) is 8.48. The summed E-state index contributed by atoms with van der Waals surface area (Å²) >= 11 is 0. The molecule has 0 spiro atoms. The highest BCUT2D eigenvalue weighted by Gasteiger charge is 2.33. The van der Waals surface area contributed by atoms with Crippen LogP contribution in [-0.4, -0.2) is 28.2 Å². The average Bonchev–Trinajstić information content (AvgIpc) is 3.05. The first-order valence-electron chi connectivity index (χ1n) is 10.7. The van der Waals surface area contributed by atoms with E-state index in [1.807, 2.05) is 0 Å². The van der Waals surface area contributed by atoms with Crippen LogP contribution in [0, 0.1) is 5.92 Å². The van der Waals surface area contributed by atoms with Gasteiger partial charge in [-0.15, -0.1) is 0 Å². The Morgan fingerprint density at radius 3 is 2.57 bits per heavy atom. The number of nitrogens with one attached hydrogen (secondary N) is 2. The molecule has 3 rings (SSSR count). The number of aromatic nitrogens is 2. The summed E-state index contributed by atoms with van der Waals surface area (Å²) in [4.78, 5) is 41.1. The van der Waals surface area contributed by atoms with Gasteiger partial charge in [0.1, 0.15) is 6.04 Å². The molecular weight excluding hydrogens is 358 g/mol. The lowest BCUT2D eigenvalue weighted by atomic mass is 9.95. The number of esters is 1. The Morgan fingerprint density at radius 2 is 1.93 bits per heavy atom. The van der Waals surface area contributed by atoms with Gasteiger partial charge in [0, 0.05) is 23.3 Å². The largest absolute Gasteiger partial charge is 0.465 e. The third-order valence-corrected chi connectivity index (χ3v) is 5.91. The lowest BCUT2D eigenvalue weighted by Crippen LogP contribution is -2.43. The minimum Gasteiger partial charge on any atom is -0.465 e. The highest BCUT2D eigenvalue weighted by molar-refractivity contribution is 5.75. The summed E-state index contributed by atoms with van der Waals surface area (Å²) in [6.45, 7) is 6.24. The van der Waals surface area contributed by atoms with E-state index in [0.717, 1.165) is 25.7 Å². The Kier molecular flexibility index (Phi) is 6.75. The number of nitrogens with zero attached hydrogens (tertiary/aromatic N) is 1. The lowest BCUT2D eigenvalue weighted by molar-refractivity contribution is -0.146. The quantitative estimate of drug-likeness (QED) is 0.697. The second-order valence-corrected chi connectivity index (χ2v) is 8.48. The maximum Gasteiger partial charge on any atom is 0.328 e. The maximum atomic E-state index is 13.0. The van der Waals surface area contributed by atoms with Crippen molar-refractivity contribution < 1.29 is 9.53 Å². The van der Waals surface area contributed by atoms with E-state index >= 15 is 0 Å². The highest BCUT2D eigenvalue weighted by Crippen LogP contribution is 2.30. The first-order chi connectivity index (χ1) is 13.4. The molecule has 156 valence electrons. The number of hydrogen-bond donors (Lipinski definition) is 2. The molecule has 1 saturated carbocycles. The molecule has 0 aromatic carbocycles. The van der Waals surface area contributed by atoms with E-state index in [4.69, 9.17) is 4.74 Å². The van der Waals surface area contributed by atoms with E-state index in [1.54, 1.807) is 6.92 Å². The summed E-state index contributed by atoms with van der Waals surface area (Å²) in [6, 6.07) is -0.639. The van der Waals surface area contributed by atoms with Gasteiger partial charge in [-0.25, -0.2) is 4.79 Å². The zero-order chi connectivity index (χ0) is 20.3. The van der Waals surface area contributed by atoms with Crippen LogP contribution in [0.25, 0.3) is 0 Å². The van der Waals surface area contributed by atoms with Gasteiger partial charge in [-0.2, -0.15) is 0 Å². The predicted octanol–water partition coefficient (Wildman–Crippen LogP) is 2.60. The molecule has 28 heavy (non-hydrogen) atoms. The summed E-state index contributed by atoms with van der Waals surface area (Å²) in [7, 11) is 0. The molecule has 0 saturated heterocycles. The summed E-state index contributed by atoms with van der Waals surface area (Å²) in [5.74, 6) is 0.0451. The minimum atomic E-state index is -0.444. The fraction of sp³-hybridized carbons (Fsp3) is 0.762. The van der Waals surface area contributed by atoms with Gasteiger partial charge in [0.15, 0.2) is 0 Å². The van der Waals surface area contributed by atoms with E-state index < -0.39 is 6.04 Å². The van der Waals surface area contributed by atoms with Crippen molar-refractivity contribution in [1.82, 2.24) is 14.9 Å². The van der Waals surface area contributed by atoms with Crippen molar-refractivity contribution >= 4 is 5.97 Å². The van der Waals surface area contributed by atoms with Crippen LogP contribution in [0.5, 0.6) is 0 Å². The molecule has 2 atom stereocenters. The molecule has 0 bridgehead atoms. The van der Waals surface area contributed by atoms with Crippen molar-refractivity contribution in [2.45, 2.75) is 90.3 Å². The Morgan fingerprint density at radius 1 is 1.21 bits per heavy atom. The summed E-state index contributed by atoms with van der Waals surface area (Å²) in [5, 5.41) is 3.35. The third-order valence-electron chi connectivity index (χ3n) is 5.91. The number of fused-ring (bicyclic) bond motifs is 1. The second kappa shape index (κ2) is 9.07. The molecule has 0 aliphatic heterocycles. The van der Waals surface area contributed by atoms with E-state index in [-0.39, 0.29) is 29.3 Å². The van der Waals surface area contributed by atoms with Gasteiger partial charge in [0.05, 0.1) is 6.61 Å². The number of hydrogen-bond acceptors (Lipinski definition) is 5. The molecule has 2 N–H and O–H groups in total. The van der Waals surface area contributed by atoms with E-state index in [1.165, 1.54) is 11.0 Å². The molecule has 2 unspecified atom stereocenters. The number of carbonyl (C=O) groups is 1. The molecule has 7 nitrogen and oxygen atoms in total. The van der Waals surface area contributed by atoms with E-state index in [9.17, 15) is 14.4 Å². The van der Waals surface area contributed by atoms with Gasteiger partial charge in [-0.3, -0.25) is 19.5 Å². The summed E-state index contributed by atoms with van der Waals surface area (Å²) in [6.07, 6.45) is 7.04. The molecule has 2 aliphatic rings. The molecule has 0 amide bonds. The normalized spacial score (nSPS) is 20.9. The molecule has 7 heteroatoms. The topological polar surface area (TPSA) is 93.2 Å². The Bertz CT molecular complexity index is 805.